The van der Waals surface area contributed by atoms with Gasteiger partial charge in [-0.25, -0.2) is 8.78 Å². The van der Waals surface area contributed by atoms with Crippen molar-refractivity contribution in [3.63, 3.8) is 0 Å². The number of methoxy groups -OCH3 is 1. The summed E-state index contributed by atoms with van der Waals surface area (Å²) in [5, 5.41) is 19.3. The number of alkyl halides is 2. The molecule has 8 heteroatoms. The van der Waals surface area contributed by atoms with Crippen molar-refractivity contribution in [1.82, 2.24) is 4.98 Å². The number of aliphatic hydroxyl groups excluding tert-OH is 1. The smallest absolute Gasteiger partial charge is 0.406 e. The van der Waals surface area contributed by atoms with E-state index in [4.69, 9.17) is 5.11 Å². The van der Waals surface area contributed by atoms with E-state index in [1.165, 1.54) is 0 Å². The molecule has 0 fully saturated rings. The van der Waals surface area contributed by atoms with Gasteiger partial charge in [0.2, 0.25) is 5.75 Å². The number of hydrogen-bond acceptors (Lipinski definition) is 5. The summed E-state index contributed by atoms with van der Waals surface area (Å²) in [6.07, 6.45) is -2.88. The van der Waals surface area contributed by atoms with Gasteiger partial charge in [0, 0.05) is 6.07 Å². The van der Waals surface area contributed by atoms with Gasteiger partial charge in [-0.15, -0.1) is 0 Å². The van der Waals surface area contributed by atoms with Crippen LogP contribution in [0.15, 0.2) is 6.07 Å². The van der Waals surface area contributed by atoms with Crippen LogP contribution in [0.4, 0.5) is 14.6 Å². The monoisotopic (exact) mass is 234 g/mol. The summed E-state index contributed by atoms with van der Waals surface area (Å²) in [5.41, 5.74) is -1.01. The van der Waals surface area contributed by atoms with Gasteiger partial charge in [-0.05, 0) is 9.91 Å². The first kappa shape index (κ1) is 12.2. The van der Waals surface area contributed by atoms with E-state index < -0.39 is 35.0 Å². The number of pyridine rings is 1. The number of aromatic nitrogens is 1. The molecule has 0 aliphatic rings. The molecule has 0 saturated carbocycles. The quantitative estimate of drug-likeness (QED) is 0.629. The molecule has 16 heavy (non-hydrogen) atoms. The van der Waals surface area contributed by atoms with Gasteiger partial charge in [0.1, 0.15) is 6.61 Å². The van der Waals surface area contributed by atoms with Crippen molar-refractivity contribution in [2.75, 3.05) is 7.11 Å². The lowest BCUT2D eigenvalue weighted by atomic mass is 10.2. The number of rotatable bonds is 4. The fourth-order valence-electron chi connectivity index (χ4n) is 1.13. The first-order valence-corrected chi connectivity index (χ1v) is 4.12. The number of ether oxygens (including phenoxy) is 1. The molecule has 1 aromatic heterocycles. The predicted octanol–water partition coefficient (Wildman–Crippen LogP) is 1.43. The van der Waals surface area contributed by atoms with Crippen LogP contribution in [-0.4, -0.2) is 22.1 Å². The van der Waals surface area contributed by atoms with Crippen molar-refractivity contribution in [3.05, 3.63) is 27.4 Å². The van der Waals surface area contributed by atoms with Crippen molar-refractivity contribution >= 4 is 5.82 Å². The SMILES string of the molecule is COc1cc(C(F)F)c(CO)nc1[N+](=O)[O-]. The molecule has 1 N–H and O–H groups in total. The Morgan fingerprint density at radius 1 is 1.69 bits per heavy atom. The Morgan fingerprint density at radius 2 is 2.31 bits per heavy atom. The van der Waals surface area contributed by atoms with Crippen LogP contribution in [0.2, 0.25) is 0 Å². The Bertz CT molecular complexity index is 411. The van der Waals surface area contributed by atoms with Crippen LogP contribution in [0, 0.1) is 10.1 Å². The molecule has 1 heterocycles. The van der Waals surface area contributed by atoms with E-state index in [1.807, 2.05) is 0 Å². The molecule has 1 aromatic rings. The number of aliphatic hydroxyl groups is 1. The highest BCUT2D eigenvalue weighted by molar-refractivity contribution is 5.44. The second kappa shape index (κ2) is 4.79. The average Bonchev–Trinajstić information content (AvgIpc) is 2.26. The van der Waals surface area contributed by atoms with Gasteiger partial charge in [-0.1, -0.05) is 0 Å². The minimum Gasteiger partial charge on any atom is -0.489 e. The lowest BCUT2D eigenvalue weighted by molar-refractivity contribution is -0.390. The van der Waals surface area contributed by atoms with Gasteiger partial charge in [0.15, 0.2) is 5.69 Å². The second-order valence-electron chi connectivity index (χ2n) is 2.77. The van der Waals surface area contributed by atoms with Crippen molar-refractivity contribution in [2.45, 2.75) is 13.0 Å². The summed E-state index contributed by atoms with van der Waals surface area (Å²) in [7, 11) is 1.11. The Kier molecular flexibility index (Phi) is 3.67. The molecule has 1 rings (SSSR count). The lowest BCUT2D eigenvalue weighted by Gasteiger charge is -2.06. The molecule has 0 atom stereocenters. The van der Waals surface area contributed by atoms with Crippen molar-refractivity contribution < 1.29 is 23.5 Å². The van der Waals surface area contributed by atoms with Crippen LogP contribution in [0.3, 0.4) is 0 Å². The predicted molar refractivity (Wildman–Crippen MR) is 48.3 cm³/mol. The van der Waals surface area contributed by atoms with Crippen molar-refractivity contribution in [1.29, 1.82) is 0 Å². The maximum Gasteiger partial charge on any atom is 0.406 e. The van der Waals surface area contributed by atoms with E-state index in [0.717, 1.165) is 13.2 Å². The Morgan fingerprint density at radius 3 is 2.69 bits per heavy atom. The topological polar surface area (TPSA) is 85.5 Å². The van der Waals surface area contributed by atoms with Crippen LogP contribution < -0.4 is 4.74 Å². The van der Waals surface area contributed by atoms with Gasteiger partial charge < -0.3 is 20.0 Å². The van der Waals surface area contributed by atoms with Gasteiger partial charge in [-0.2, -0.15) is 0 Å². The summed E-state index contributed by atoms with van der Waals surface area (Å²) < 4.78 is 29.6. The van der Waals surface area contributed by atoms with E-state index in [0.29, 0.717) is 0 Å². The largest absolute Gasteiger partial charge is 0.489 e. The molecule has 0 amide bonds. The molecule has 0 bridgehead atoms. The minimum absolute atomic E-state index is 0.363. The molecule has 0 aliphatic heterocycles. The molecule has 0 radical (unpaired) electrons. The zero-order valence-corrected chi connectivity index (χ0v) is 8.18. The fraction of sp³-hybridized carbons (Fsp3) is 0.375. The van der Waals surface area contributed by atoms with Gasteiger partial charge >= 0.3 is 5.82 Å². The van der Waals surface area contributed by atoms with Crippen LogP contribution >= 0.6 is 0 Å². The molecular weight excluding hydrogens is 226 g/mol. The highest BCUT2D eigenvalue weighted by Crippen LogP contribution is 2.31. The van der Waals surface area contributed by atoms with Gasteiger partial charge in [0.05, 0.1) is 12.7 Å². The first-order chi connectivity index (χ1) is 7.51. The van der Waals surface area contributed by atoms with E-state index in [9.17, 15) is 18.9 Å². The molecule has 0 aliphatic carbocycles. The Balaban J connectivity index is 3.40. The van der Waals surface area contributed by atoms with Crippen LogP contribution in [-0.2, 0) is 6.61 Å². The van der Waals surface area contributed by atoms with Crippen LogP contribution in [0.25, 0.3) is 0 Å². The van der Waals surface area contributed by atoms with E-state index in [1.54, 1.807) is 0 Å². The van der Waals surface area contributed by atoms with Crippen LogP contribution in [0.5, 0.6) is 5.75 Å². The summed E-state index contributed by atoms with van der Waals surface area (Å²) in [6, 6.07) is 0.807. The average molecular weight is 234 g/mol. The molecule has 6 nitrogen and oxygen atoms in total. The lowest BCUT2D eigenvalue weighted by Crippen LogP contribution is -2.04. The standard InChI is InChI=1S/C8H8F2N2O4/c1-16-6-2-4(7(9)10)5(3-13)11-8(6)12(14)15/h2,7,13H,3H2,1H3. The van der Waals surface area contributed by atoms with E-state index >= 15 is 0 Å². The number of nitro groups is 1. The summed E-state index contributed by atoms with van der Waals surface area (Å²) in [6.45, 7) is -0.801. The molecule has 0 unspecified atom stereocenters. The zero-order valence-electron chi connectivity index (χ0n) is 8.18. The Labute approximate surface area is 88.6 Å². The molecule has 0 spiro atoms. The summed E-state index contributed by atoms with van der Waals surface area (Å²) in [4.78, 5) is 13.0. The summed E-state index contributed by atoms with van der Waals surface area (Å²) in [5.74, 6) is -1.06. The number of halogens is 2. The maximum absolute atomic E-state index is 12.5. The Hall–Kier alpha value is -1.83. The third-order valence-electron chi connectivity index (χ3n) is 1.86. The van der Waals surface area contributed by atoms with Gasteiger partial charge in [-0.3, -0.25) is 0 Å². The molecule has 88 valence electrons. The van der Waals surface area contributed by atoms with Crippen molar-refractivity contribution in [3.8, 4) is 5.75 Å². The molecule has 0 aromatic carbocycles. The van der Waals surface area contributed by atoms with E-state index in [-0.39, 0.29) is 5.75 Å². The maximum atomic E-state index is 12.5. The van der Waals surface area contributed by atoms with Crippen molar-refractivity contribution in [2.24, 2.45) is 0 Å². The summed E-state index contributed by atoms with van der Waals surface area (Å²) >= 11 is 0. The van der Waals surface area contributed by atoms with Gasteiger partial charge in [0.25, 0.3) is 6.43 Å². The van der Waals surface area contributed by atoms with Crippen LogP contribution in [0.1, 0.15) is 17.7 Å². The third kappa shape index (κ3) is 2.22. The normalized spacial score (nSPS) is 10.6. The molecule has 0 saturated heterocycles. The first-order valence-electron chi connectivity index (χ1n) is 4.12. The minimum atomic E-state index is -2.88. The number of nitrogens with zero attached hydrogens (tertiary/aromatic N) is 2. The number of hydrogen-bond donors (Lipinski definition) is 1. The highest BCUT2D eigenvalue weighted by atomic mass is 19.3. The fourth-order valence-corrected chi connectivity index (χ4v) is 1.13. The highest BCUT2D eigenvalue weighted by Gasteiger charge is 2.26. The zero-order chi connectivity index (χ0) is 12.3. The second-order valence-corrected chi connectivity index (χ2v) is 2.77. The van der Waals surface area contributed by atoms with E-state index in [2.05, 4.69) is 9.72 Å². The third-order valence-corrected chi connectivity index (χ3v) is 1.86. The molecular formula is C8H8F2N2O4.